The SMILES string of the molecule is O=C(Nc1ccc(SC(C(=O)Nc2nc(-c3ccc(F)cc3)cs2)c2ccccc2)cc1)/C(=C/c1c(F)cccc1Cl)NC(=O)c1ccccc1. The molecule has 5 aromatic carbocycles. The second kappa shape index (κ2) is 16.4. The molecule has 254 valence electrons. The van der Waals surface area contributed by atoms with Gasteiger partial charge in [-0.3, -0.25) is 14.4 Å². The van der Waals surface area contributed by atoms with Gasteiger partial charge in [-0.15, -0.1) is 23.1 Å². The second-order valence-electron chi connectivity index (χ2n) is 10.9. The summed E-state index contributed by atoms with van der Waals surface area (Å²) in [6.45, 7) is 0. The van der Waals surface area contributed by atoms with Crippen molar-refractivity contribution in [3.63, 3.8) is 0 Å². The van der Waals surface area contributed by atoms with Crippen molar-refractivity contribution in [2.24, 2.45) is 0 Å². The third-order valence-corrected chi connectivity index (χ3v) is 9.75. The smallest absolute Gasteiger partial charge is 0.272 e. The van der Waals surface area contributed by atoms with Crippen LogP contribution < -0.4 is 16.0 Å². The highest BCUT2D eigenvalue weighted by molar-refractivity contribution is 8.00. The highest BCUT2D eigenvalue weighted by atomic mass is 35.5. The molecule has 0 aliphatic heterocycles. The first-order valence-electron chi connectivity index (χ1n) is 15.4. The Morgan fingerprint density at radius 2 is 1.47 bits per heavy atom. The number of carbonyl (C=O) groups excluding carboxylic acids is 3. The molecule has 0 radical (unpaired) electrons. The monoisotopic (exact) mass is 736 g/mol. The maximum atomic E-state index is 14.7. The van der Waals surface area contributed by atoms with Crippen LogP contribution in [0.25, 0.3) is 17.3 Å². The molecule has 1 heterocycles. The largest absolute Gasteiger partial charge is 0.321 e. The minimum absolute atomic E-state index is 0.0564. The topological polar surface area (TPSA) is 100 Å². The minimum atomic E-state index is -0.705. The number of hydrogen-bond acceptors (Lipinski definition) is 6. The average Bonchev–Trinajstić information content (AvgIpc) is 3.61. The first kappa shape index (κ1) is 35.2. The average molecular weight is 737 g/mol. The highest BCUT2D eigenvalue weighted by Crippen LogP contribution is 2.37. The van der Waals surface area contributed by atoms with Crippen LogP contribution in [0.4, 0.5) is 19.6 Å². The molecule has 0 bridgehead atoms. The molecular formula is C39H27ClF2N4O3S2. The molecule has 6 rings (SSSR count). The van der Waals surface area contributed by atoms with Crippen molar-refractivity contribution >= 4 is 69.3 Å². The molecule has 12 heteroatoms. The first-order chi connectivity index (χ1) is 24.7. The van der Waals surface area contributed by atoms with E-state index in [4.69, 9.17) is 11.6 Å². The molecule has 0 saturated carbocycles. The lowest BCUT2D eigenvalue weighted by molar-refractivity contribution is -0.116. The Kier molecular flexibility index (Phi) is 11.3. The number of amides is 3. The number of anilines is 2. The number of nitrogens with one attached hydrogen (secondary N) is 3. The summed E-state index contributed by atoms with van der Waals surface area (Å²) in [5.41, 5.74) is 2.53. The number of thioether (sulfide) groups is 1. The highest BCUT2D eigenvalue weighted by Gasteiger charge is 2.24. The molecule has 7 nitrogen and oxygen atoms in total. The van der Waals surface area contributed by atoms with E-state index in [1.165, 1.54) is 59.5 Å². The summed E-state index contributed by atoms with van der Waals surface area (Å²) >= 11 is 8.79. The Morgan fingerprint density at radius 3 is 2.16 bits per heavy atom. The fraction of sp³-hybridized carbons (Fsp3) is 0.0256. The van der Waals surface area contributed by atoms with Gasteiger partial charge in [-0.25, -0.2) is 13.8 Å². The van der Waals surface area contributed by atoms with Crippen LogP contribution >= 0.6 is 34.7 Å². The van der Waals surface area contributed by atoms with Crippen LogP contribution in [0.1, 0.15) is 26.7 Å². The number of thiazole rings is 1. The number of rotatable bonds is 11. The van der Waals surface area contributed by atoms with Crippen LogP contribution in [0.5, 0.6) is 0 Å². The third-order valence-electron chi connectivity index (χ3n) is 7.40. The predicted molar refractivity (Wildman–Crippen MR) is 200 cm³/mol. The normalized spacial score (nSPS) is 11.8. The summed E-state index contributed by atoms with van der Waals surface area (Å²) in [6, 6.07) is 34.5. The first-order valence-corrected chi connectivity index (χ1v) is 17.5. The Balaban J connectivity index is 1.18. The Bertz CT molecular complexity index is 2180. The van der Waals surface area contributed by atoms with Gasteiger partial charge in [-0.2, -0.15) is 0 Å². The van der Waals surface area contributed by atoms with E-state index < -0.39 is 22.9 Å². The molecule has 6 aromatic rings. The lowest BCUT2D eigenvalue weighted by Crippen LogP contribution is -2.30. The van der Waals surface area contributed by atoms with Crippen molar-refractivity contribution in [1.29, 1.82) is 0 Å². The van der Waals surface area contributed by atoms with E-state index in [0.29, 0.717) is 22.1 Å². The summed E-state index contributed by atoms with van der Waals surface area (Å²) < 4.78 is 28.1. The van der Waals surface area contributed by atoms with Crippen LogP contribution in [-0.2, 0) is 9.59 Å². The third kappa shape index (κ3) is 9.14. The summed E-state index contributed by atoms with van der Waals surface area (Å²) in [7, 11) is 0. The predicted octanol–water partition coefficient (Wildman–Crippen LogP) is 9.62. The van der Waals surface area contributed by atoms with Crippen molar-refractivity contribution in [2.45, 2.75) is 10.1 Å². The lowest BCUT2D eigenvalue weighted by atomic mass is 10.1. The van der Waals surface area contributed by atoms with E-state index in [2.05, 4.69) is 20.9 Å². The molecule has 0 spiro atoms. The Labute approximate surface area is 305 Å². The van der Waals surface area contributed by atoms with Crippen molar-refractivity contribution in [3.8, 4) is 11.3 Å². The van der Waals surface area contributed by atoms with E-state index in [0.717, 1.165) is 16.0 Å². The van der Waals surface area contributed by atoms with Gasteiger partial charge in [0.05, 0.1) is 10.7 Å². The van der Waals surface area contributed by atoms with Gasteiger partial charge >= 0.3 is 0 Å². The lowest BCUT2D eigenvalue weighted by Gasteiger charge is -2.17. The molecule has 1 aromatic heterocycles. The number of carbonyl (C=O) groups is 3. The van der Waals surface area contributed by atoms with E-state index in [9.17, 15) is 23.2 Å². The van der Waals surface area contributed by atoms with Crippen LogP contribution in [0, 0.1) is 11.6 Å². The number of nitrogens with zero attached hydrogens (tertiary/aromatic N) is 1. The van der Waals surface area contributed by atoms with Gasteiger partial charge in [0.1, 0.15) is 22.6 Å². The zero-order chi connectivity index (χ0) is 35.7. The molecule has 51 heavy (non-hydrogen) atoms. The van der Waals surface area contributed by atoms with Crippen LogP contribution in [-0.4, -0.2) is 22.7 Å². The second-order valence-corrected chi connectivity index (χ2v) is 13.4. The van der Waals surface area contributed by atoms with E-state index in [-0.39, 0.29) is 28.0 Å². The molecule has 0 aliphatic rings. The molecule has 3 N–H and O–H groups in total. The molecule has 1 unspecified atom stereocenters. The van der Waals surface area contributed by atoms with Gasteiger partial charge in [-0.05, 0) is 84.4 Å². The zero-order valence-electron chi connectivity index (χ0n) is 26.5. The van der Waals surface area contributed by atoms with Gasteiger partial charge in [0.15, 0.2) is 5.13 Å². The number of aromatic nitrogens is 1. The van der Waals surface area contributed by atoms with Gasteiger partial charge < -0.3 is 16.0 Å². The van der Waals surface area contributed by atoms with Crippen LogP contribution in [0.3, 0.4) is 0 Å². The van der Waals surface area contributed by atoms with Gasteiger partial charge in [0.2, 0.25) is 5.91 Å². The summed E-state index contributed by atoms with van der Waals surface area (Å²) in [5, 5.41) is 9.83. The number of benzene rings is 5. The molecule has 3 amide bonds. The van der Waals surface area contributed by atoms with Crippen LogP contribution in [0.2, 0.25) is 5.02 Å². The fourth-order valence-electron chi connectivity index (χ4n) is 4.84. The van der Waals surface area contributed by atoms with E-state index in [1.54, 1.807) is 72.1 Å². The summed E-state index contributed by atoms with van der Waals surface area (Å²) in [4.78, 5) is 45.3. The summed E-state index contributed by atoms with van der Waals surface area (Å²) in [6.07, 6.45) is 1.19. The van der Waals surface area contributed by atoms with Crippen molar-refractivity contribution < 1.29 is 23.2 Å². The van der Waals surface area contributed by atoms with Crippen molar-refractivity contribution in [2.75, 3.05) is 10.6 Å². The maximum Gasteiger partial charge on any atom is 0.272 e. The molecule has 0 saturated heterocycles. The van der Waals surface area contributed by atoms with Gasteiger partial charge in [0, 0.05) is 32.7 Å². The van der Waals surface area contributed by atoms with E-state index >= 15 is 0 Å². The van der Waals surface area contributed by atoms with E-state index in [1.807, 2.05) is 30.3 Å². The zero-order valence-corrected chi connectivity index (χ0v) is 28.9. The quantitative estimate of drug-likeness (QED) is 0.0909. The molecule has 1 atom stereocenters. The minimum Gasteiger partial charge on any atom is -0.321 e. The van der Waals surface area contributed by atoms with Gasteiger partial charge in [-0.1, -0.05) is 66.2 Å². The van der Waals surface area contributed by atoms with Crippen LogP contribution in [0.15, 0.2) is 143 Å². The Hall–Kier alpha value is -5.62. The fourth-order valence-corrected chi connectivity index (χ4v) is 6.81. The molecule has 0 fully saturated rings. The summed E-state index contributed by atoms with van der Waals surface area (Å²) in [5.74, 6) is -2.57. The number of hydrogen-bond donors (Lipinski definition) is 3. The Morgan fingerprint density at radius 1 is 0.784 bits per heavy atom. The van der Waals surface area contributed by atoms with Gasteiger partial charge in [0.25, 0.3) is 11.8 Å². The van der Waals surface area contributed by atoms with Crippen molar-refractivity contribution in [3.05, 3.63) is 172 Å². The molecular weight excluding hydrogens is 710 g/mol. The maximum absolute atomic E-state index is 14.7. The molecule has 0 aliphatic carbocycles. The number of halogens is 3. The van der Waals surface area contributed by atoms with Crippen molar-refractivity contribution in [1.82, 2.24) is 10.3 Å². The standard InChI is InChI=1S/C39H27ClF2N4O3S2/c40-31-12-7-13-32(42)30(31)22-33(44-36(47)26-10-5-2-6-11-26)37(48)43-28-18-20-29(21-19-28)51-35(25-8-3-1-4-9-25)38(49)46-39-45-34(23-50-39)24-14-16-27(41)17-15-24/h1-23,35H,(H,43,48)(H,44,47)(H,45,46,49)/b33-22-.